The van der Waals surface area contributed by atoms with Crippen LogP contribution < -0.4 is 16.0 Å². The molecule has 166 valence electrons. The minimum Gasteiger partial charge on any atom is -0.497 e. The number of ether oxygens (including phenoxy) is 1. The van der Waals surface area contributed by atoms with Crippen molar-refractivity contribution in [3.63, 3.8) is 0 Å². The lowest BCUT2D eigenvalue weighted by atomic mass is 10.2. The summed E-state index contributed by atoms with van der Waals surface area (Å²) in [5, 5.41) is 0. The number of methoxy groups -OCH3 is 1. The highest BCUT2D eigenvalue weighted by molar-refractivity contribution is 7.98. The van der Waals surface area contributed by atoms with E-state index in [0.717, 1.165) is 34.9 Å². The number of thioether (sulfide) groups is 1. The van der Waals surface area contributed by atoms with Gasteiger partial charge in [-0.1, -0.05) is 43.7 Å². The topological polar surface area (TPSA) is 81.9 Å². The third-order valence-corrected chi connectivity index (χ3v) is 6.32. The fourth-order valence-corrected chi connectivity index (χ4v) is 4.46. The van der Waals surface area contributed by atoms with Crippen molar-refractivity contribution in [1.29, 1.82) is 0 Å². The Kier molecular flexibility index (Phi) is 6.80. The minimum atomic E-state index is -0.444. The van der Waals surface area contributed by atoms with E-state index in [1.165, 1.54) is 0 Å². The Bertz CT molecular complexity index is 1310. The van der Waals surface area contributed by atoms with Crippen LogP contribution in [0.1, 0.15) is 31.2 Å². The van der Waals surface area contributed by atoms with Crippen LogP contribution in [0, 0.1) is 0 Å². The lowest BCUT2D eigenvalue weighted by Gasteiger charge is -2.09. The summed E-state index contributed by atoms with van der Waals surface area (Å²) in [4.78, 5) is 33.8. The second kappa shape index (κ2) is 9.91. The first-order chi connectivity index (χ1) is 15.6. The molecule has 0 aliphatic rings. The summed E-state index contributed by atoms with van der Waals surface area (Å²) in [5.74, 6) is 2.18. The van der Waals surface area contributed by atoms with Crippen LogP contribution in [0.5, 0.6) is 5.75 Å². The van der Waals surface area contributed by atoms with Crippen molar-refractivity contribution in [3.8, 4) is 5.75 Å². The van der Waals surface area contributed by atoms with Crippen LogP contribution in [0.25, 0.3) is 11.2 Å². The lowest BCUT2D eigenvalue weighted by molar-refractivity contribution is 0.414. The Labute approximate surface area is 190 Å². The monoisotopic (exact) mass is 450 g/mol. The van der Waals surface area contributed by atoms with Gasteiger partial charge >= 0.3 is 5.69 Å². The van der Waals surface area contributed by atoms with Crippen molar-refractivity contribution in [2.45, 2.75) is 43.5 Å². The van der Waals surface area contributed by atoms with Gasteiger partial charge in [0.05, 0.1) is 19.4 Å². The summed E-state index contributed by atoms with van der Waals surface area (Å²) in [6.45, 7) is 3.14. The summed E-state index contributed by atoms with van der Waals surface area (Å²) < 4.78 is 8.74. The summed E-state index contributed by atoms with van der Waals surface area (Å²) >= 11 is 1.64. The average Bonchev–Trinajstić information content (AvgIpc) is 3.18. The van der Waals surface area contributed by atoms with E-state index in [0.29, 0.717) is 30.0 Å². The van der Waals surface area contributed by atoms with Crippen molar-refractivity contribution < 1.29 is 4.74 Å². The van der Waals surface area contributed by atoms with Gasteiger partial charge in [0.1, 0.15) is 11.6 Å². The van der Waals surface area contributed by atoms with Gasteiger partial charge < -0.3 is 9.30 Å². The molecule has 0 bridgehead atoms. The lowest BCUT2D eigenvalue weighted by Crippen LogP contribution is -2.31. The van der Waals surface area contributed by atoms with E-state index in [-0.39, 0.29) is 0 Å². The number of hydrogen-bond donors (Lipinski definition) is 1. The second-order valence-corrected chi connectivity index (χ2v) is 8.55. The van der Waals surface area contributed by atoms with Crippen LogP contribution in [0.4, 0.5) is 0 Å². The molecule has 1 N–H and O–H groups in total. The molecule has 0 saturated carbocycles. The summed E-state index contributed by atoms with van der Waals surface area (Å²) in [6.07, 6.45) is 1.91. The van der Waals surface area contributed by atoms with Crippen LogP contribution in [0.2, 0.25) is 0 Å². The molecular weight excluding hydrogens is 424 g/mol. The molecule has 0 radical (unpaired) electrons. The van der Waals surface area contributed by atoms with Crippen molar-refractivity contribution in [1.82, 2.24) is 19.1 Å². The summed E-state index contributed by atoms with van der Waals surface area (Å²) in [7, 11) is 1.64. The number of nitrogens with one attached hydrogen (secondary N) is 1. The molecular formula is C24H26N4O3S. The van der Waals surface area contributed by atoms with E-state index in [1.807, 2.05) is 59.2 Å². The first-order valence-corrected chi connectivity index (χ1v) is 11.6. The number of unbranched alkanes of at least 4 members (excludes halogenated alkanes) is 1. The third kappa shape index (κ3) is 4.65. The Morgan fingerprint density at radius 3 is 2.47 bits per heavy atom. The minimum absolute atomic E-state index is 0.350. The van der Waals surface area contributed by atoms with Gasteiger partial charge in [0.25, 0.3) is 5.56 Å². The Morgan fingerprint density at radius 1 is 1.03 bits per heavy atom. The molecule has 0 saturated heterocycles. The zero-order valence-corrected chi connectivity index (χ0v) is 19.0. The maximum absolute atomic E-state index is 12.8. The van der Waals surface area contributed by atoms with Crippen LogP contribution in [-0.4, -0.2) is 26.2 Å². The highest BCUT2D eigenvalue weighted by Gasteiger charge is 2.18. The number of hydrogen-bond acceptors (Lipinski definition) is 5. The first kappa shape index (κ1) is 22.0. The Hall–Kier alpha value is -3.26. The predicted octanol–water partition coefficient (Wildman–Crippen LogP) is 4.04. The smallest absolute Gasteiger partial charge is 0.330 e. The summed E-state index contributed by atoms with van der Waals surface area (Å²) in [6, 6.07) is 17.6. The number of aromatic amines is 1. The normalized spacial score (nSPS) is 11.2. The van der Waals surface area contributed by atoms with Gasteiger partial charge in [0.15, 0.2) is 11.2 Å². The maximum atomic E-state index is 12.8. The molecule has 7 nitrogen and oxygen atoms in total. The molecule has 0 aliphatic carbocycles. The molecule has 2 aromatic carbocycles. The predicted molar refractivity (Wildman–Crippen MR) is 128 cm³/mol. The Balaban J connectivity index is 1.75. The Morgan fingerprint density at radius 2 is 1.78 bits per heavy atom. The molecule has 32 heavy (non-hydrogen) atoms. The zero-order chi connectivity index (χ0) is 22.5. The van der Waals surface area contributed by atoms with Crippen molar-refractivity contribution in [3.05, 3.63) is 86.8 Å². The molecule has 4 aromatic rings. The number of aromatic nitrogens is 4. The molecule has 0 atom stereocenters. The second-order valence-electron chi connectivity index (χ2n) is 7.50. The van der Waals surface area contributed by atoms with Crippen LogP contribution >= 0.6 is 11.8 Å². The van der Waals surface area contributed by atoms with Gasteiger partial charge in [-0.2, -0.15) is 0 Å². The van der Waals surface area contributed by atoms with E-state index >= 15 is 0 Å². The number of benzene rings is 2. The SMILES string of the molecule is CCCCn1c(CSc2ccc(OC)cc2)nc2c1c(=O)[nH]c(=O)n2Cc1ccccc1. The number of imidazole rings is 1. The van der Waals surface area contributed by atoms with E-state index in [1.54, 1.807) is 23.4 Å². The fraction of sp³-hybridized carbons (Fsp3) is 0.292. The van der Waals surface area contributed by atoms with Crippen molar-refractivity contribution >= 4 is 22.9 Å². The van der Waals surface area contributed by atoms with E-state index in [2.05, 4.69) is 11.9 Å². The van der Waals surface area contributed by atoms with Crippen LogP contribution in [0.15, 0.2) is 69.1 Å². The molecule has 0 aliphatic heterocycles. The molecule has 2 aromatic heterocycles. The third-order valence-electron chi connectivity index (χ3n) is 5.31. The molecule has 4 rings (SSSR count). The number of nitrogens with zero attached hydrogens (tertiary/aromatic N) is 3. The highest BCUT2D eigenvalue weighted by Crippen LogP contribution is 2.26. The van der Waals surface area contributed by atoms with Gasteiger partial charge in [0, 0.05) is 11.4 Å². The fourth-order valence-electron chi connectivity index (χ4n) is 3.62. The average molecular weight is 451 g/mol. The molecule has 0 unspecified atom stereocenters. The maximum Gasteiger partial charge on any atom is 0.330 e. The van der Waals surface area contributed by atoms with Gasteiger partial charge in [-0.3, -0.25) is 14.3 Å². The quantitative estimate of drug-likeness (QED) is 0.389. The van der Waals surface area contributed by atoms with E-state index in [9.17, 15) is 9.59 Å². The molecule has 0 amide bonds. The molecule has 0 fully saturated rings. The number of H-pyrrole nitrogens is 1. The zero-order valence-electron chi connectivity index (χ0n) is 18.2. The summed E-state index contributed by atoms with van der Waals surface area (Å²) in [5.41, 5.74) is 1.03. The number of fused-ring (bicyclic) bond motifs is 1. The van der Waals surface area contributed by atoms with E-state index < -0.39 is 11.2 Å². The van der Waals surface area contributed by atoms with E-state index in [4.69, 9.17) is 9.72 Å². The van der Waals surface area contributed by atoms with Crippen LogP contribution in [0.3, 0.4) is 0 Å². The molecule has 8 heteroatoms. The van der Waals surface area contributed by atoms with Gasteiger partial charge in [-0.25, -0.2) is 9.78 Å². The number of aryl methyl sites for hydroxylation is 1. The number of rotatable bonds is 9. The highest BCUT2D eigenvalue weighted by atomic mass is 32.2. The van der Waals surface area contributed by atoms with Gasteiger partial charge in [-0.05, 0) is 36.2 Å². The van der Waals surface area contributed by atoms with Crippen molar-refractivity contribution in [2.24, 2.45) is 0 Å². The first-order valence-electron chi connectivity index (χ1n) is 10.6. The van der Waals surface area contributed by atoms with Gasteiger partial charge in [0.2, 0.25) is 0 Å². The van der Waals surface area contributed by atoms with Crippen LogP contribution in [-0.2, 0) is 18.8 Å². The molecule has 2 heterocycles. The van der Waals surface area contributed by atoms with Gasteiger partial charge in [-0.15, -0.1) is 11.8 Å². The molecule has 0 spiro atoms. The largest absolute Gasteiger partial charge is 0.497 e. The van der Waals surface area contributed by atoms with Crippen molar-refractivity contribution in [2.75, 3.05) is 7.11 Å². The standard InChI is InChI=1S/C24H26N4O3S/c1-3-4-14-27-20(16-32-19-12-10-18(31-2)11-13-19)25-22-21(27)23(29)26-24(30)28(22)15-17-8-6-5-7-9-17/h5-13H,3-4,14-16H2,1-2H3,(H,26,29,30).